The summed E-state index contributed by atoms with van der Waals surface area (Å²) in [7, 11) is -2.25. The van der Waals surface area contributed by atoms with Crippen molar-refractivity contribution in [2.45, 2.75) is 4.90 Å². The molecule has 0 amide bonds. The van der Waals surface area contributed by atoms with E-state index in [2.05, 4.69) is 9.50 Å². The molecule has 0 fully saturated rings. The van der Waals surface area contributed by atoms with Crippen molar-refractivity contribution in [2.24, 2.45) is 9.50 Å². The lowest BCUT2D eigenvalue weighted by Crippen LogP contribution is -2.30. The molecule has 0 atom stereocenters. The fourth-order valence-corrected chi connectivity index (χ4v) is 4.41. The van der Waals surface area contributed by atoms with Crippen LogP contribution in [0.2, 0.25) is 0 Å². The summed E-state index contributed by atoms with van der Waals surface area (Å²) in [5.74, 6) is 0.402. The van der Waals surface area contributed by atoms with Crippen LogP contribution in [0.15, 0.2) is 93.3 Å². The molecule has 0 spiro atoms. The second-order valence-corrected chi connectivity index (χ2v) is 8.60. The van der Waals surface area contributed by atoms with E-state index in [-0.39, 0.29) is 23.9 Å². The molecule has 9 heteroatoms. The Balaban J connectivity index is 1.57. The summed E-state index contributed by atoms with van der Waals surface area (Å²) in [6, 6.07) is 22.4. The molecule has 4 rings (SSSR count). The van der Waals surface area contributed by atoms with Gasteiger partial charge in [0.25, 0.3) is 10.0 Å². The van der Waals surface area contributed by atoms with E-state index in [1.54, 1.807) is 67.9 Å². The first-order valence-electron chi connectivity index (χ1n) is 10.1. The molecule has 1 aliphatic rings. The number of amidine groups is 1. The van der Waals surface area contributed by atoms with Crippen LogP contribution in [-0.2, 0) is 14.8 Å². The Morgan fingerprint density at radius 3 is 2.42 bits per heavy atom. The topological polar surface area (TPSA) is 97.6 Å². The number of benzene rings is 3. The highest BCUT2D eigenvalue weighted by Crippen LogP contribution is 2.27. The van der Waals surface area contributed by atoms with Crippen LogP contribution in [0.4, 0.5) is 0 Å². The van der Waals surface area contributed by atoms with Gasteiger partial charge in [-0.3, -0.25) is 0 Å². The van der Waals surface area contributed by atoms with Gasteiger partial charge in [-0.15, -0.1) is 4.40 Å². The molecule has 0 bridgehead atoms. The van der Waals surface area contributed by atoms with Crippen LogP contribution in [0.1, 0.15) is 21.5 Å². The maximum absolute atomic E-state index is 12.5. The minimum Gasteiger partial charge on any atom is -0.497 e. The Morgan fingerprint density at radius 2 is 1.70 bits per heavy atom. The van der Waals surface area contributed by atoms with Crippen molar-refractivity contribution in [3.8, 4) is 5.75 Å². The quantitative estimate of drug-likeness (QED) is 0.303. The molecule has 0 N–H and O–H groups in total. The van der Waals surface area contributed by atoms with Crippen molar-refractivity contribution in [1.82, 2.24) is 5.01 Å². The Labute approximate surface area is 191 Å². The molecule has 168 valence electrons. The summed E-state index contributed by atoms with van der Waals surface area (Å²) in [6.45, 7) is 0.0861. The third kappa shape index (κ3) is 5.09. The van der Waals surface area contributed by atoms with Gasteiger partial charge in [0.15, 0.2) is 5.84 Å². The van der Waals surface area contributed by atoms with E-state index in [4.69, 9.17) is 9.47 Å². The molecule has 0 radical (unpaired) electrons. The lowest BCUT2D eigenvalue weighted by molar-refractivity contribution is 0.0487. The zero-order valence-electron chi connectivity index (χ0n) is 17.8. The molecule has 0 saturated carbocycles. The average molecular weight is 464 g/mol. The maximum atomic E-state index is 12.5. The van der Waals surface area contributed by atoms with E-state index in [0.29, 0.717) is 16.9 Å². The first-order valence-corrected chi connectivity index (χ1v) is 11.5. The van der Waals surface area contributed by atoms with Crippen LogP contribution in [-0.4, -0.2) is 51.7 Å². The molecule has 1 aliphatic heterocycles. The summed E-state index contributed by atoms with van der Waals surface area (Å²) < 4.78 is 39.5. The second-order valence-electron chi connectivity index (χ2n) is 7.03. The molecule has 0 aromatic heterocycles. The Morgan fingerprint density at radius 1 is 1.00 bits per heavy atom. The molecule has 0 saturated heterocycles. The summed E-state index contributed by atoms with van der Waals surface area (Å²) in [5, 5.41) is 5.87. The molecule has 3 aromatic rings. The van der Waals surface area contributed by atoms with Gasteiger partial charge in [0.2, 0.25) is 0 Å². The van der Waals surface area contributed by atoms with E-state index in [9.17, 15) is 13.2 Å². The van der Waals surface area contributed by atoms with Crippen molar-refractivity contribution in [3.63, 3.8) is 0 Å². The van der Waals surface area contributed by atoms with Gasteiger partial charge >= 0.3 is 5.97 Å². The third-order valence-electron chi connectivity index (χ3n) is 4.86. The van der Waals surface area contributed by atoms with Crippen LogP contribution in [0.3, 0.4) is 0 Å². The molecular formula is C24H21N3O5S. The number of fused-ring (bicyclic) bond motifs is 1. The van der Waals surface area contributed by atoms with Crippen molar-refractivity contribution in [3.05, 3.63) is 95.6 Å². The normalized spacial score (nSPS) is 13.9. The number of esters is 1. The third-order valence-corrected chi connectivity index (χ3v) is 6.19. The van der Waals surface area contributed by atoms with E-state index in [1.807, 2.05) is 18.2 Å². The zero-order chi connectivity index (χ0) is 23.3. The summed E-state index contributed by atoms with van der Waals surface area (Å²) in [4.78, 5) is 12.4. The number of hydrogen-bond acceptors (Lipinski definition) is 7. The van der Waals surface area contributed by atoms with Crippen LogP contribution in [0.5, 0.6) is 5.75 Å². The minimum atomic E-state index is -3.83. The van der Waals surface area contributed by atoms with Gasteiger partial charge in [0, 0.05) is 5.56 Å². The highest BCUT2D eigenvalue weighted by Gasteiger charge is 2.31. The minimum absolute atomic E-state index is 0.0189. The number of carbonyl (C=O) groups is 1. The molecular weight excluding hydrogens is 442 g/mol. The predicted molar refractivity (Wildman–Crippen MR) is 124 cm³/mol. The highest BCUT2D eigenvalue weighted by atomic mass is 32.2. The van der Waals surface area contributed by atoms with E-state index < -0.39 is 16.0 Å². The number of sulfonamides is 1. The predicted octanol–water partition coefficient (Wildman–Crippen LogP) is 3.34. The highest BCUT2D eigenvalue weighted by molar-refractivity contribution is 7.90. The molecule has 1 heterocycles. The van der Waals surface area contributed by atoms with Gasteiger partial charge in [-0.05, 0) is 54.1 Å². The molecule has 0 unspecified atom stereocenters. The lowest BCUT2D eigenvalue weighted by atomic mass is 10.2. The summed E-state index contributed by atoms with van der Waals surface area (Å²) >= 11 is 0. The zero-order valence-corrected chi connectivity index (χ0v) is 18.6. The van der Waals surface area contributed by atoms with Crippen molar-refractivity contribution in [2.75, 3.05) is 20.3 Å². The van der Waals surface area contributed by atoms with E-state index in [1.165, 1.54) is 11.1 Å². The molecule has 33 heavy (non-hydrogen) atoms. The number of hydrogen-bond donors (Lipinski definition) is 0. The van der Waals surface area contributed by atoms with Gasteiger partial charge in [0.05, 0.1) is 25.4 Å². The van der Waals surface area contributed by atoms with Crippen LogP contribution < -0.4 is 4.74 Å². The summed E-state index contributed by atoms with van der Waals surface area (Å²) in [6.07, 6.45) is 1.58. The number of carbonyl (C=O) groups excluding carboxylic acids is 1. The standard InChI is InChI=1S/C24H21N3O5S/c1-31-20-13-11-18(12-14-20)17-25-27(15-16-32-24(28)19-7-3-2-4-8-19)23-21-9-5-6-10-22(21)33(29,30)26-23/h2-14,17H,15-16H2,1H3. The van der Waals surface area contributed by atoms with E-state index >= 15 is 0 Å². The Hall–Kier alpha value is -3.98. The molecule has 8 nitrogen and oxygen atoms in total. The molecule has 3 aromatic carbocycles. The van der Waals surface area contributed by atoms with Crippen molar-refractivity contribution >= 4 is 28.0 Å². The Bertz CT molecular complexity index is 1300. The largest absolute Gasteiger partial charge is 0.497 e. The number of ether oxygens (including phenoxy) is 2. The fraction of sp³-hybridized carbons (Fsp3) is 0.125. The van der Waals surface area contributed by atoms with Crippen molar-refractivity contribution < 1.29 is 22.7 Å². The fourth-order valence-electron chi connectivity index (χ4n) is 3.20. The first kappa shape index (κ1) is 22.2. The van der Waals surface area contributed by atoms with Crippen LogP contribution in [0, 0.1) is 0 Å². The lowest BCUT2D eigenvalue weighted by Gasteiger charge is -2.19. The number of rotatable bonds is 7. The maximum Gasteiger partial charge on any atom is 0.338 e. The average Bonchev–Trinajstić information content (AvgIpc) is 3.12. The number of hydrazone groups is 1. The number of methoxy groups -OCH3 is 1. The second kappa shape index (κ2) is 9.66. The molecule has 0 aliphatic carbocycles. The van der Waals surface area contributed by atoms with Gasteiger partial charge in [0.1, 0.15) is 17.3 Å². The van der Waals surface area contributed by atoms with Gasteiger partial charge in [-0.25, -0.2) is 9.80 Å². The Kier molecular flexibility index (Phi) is 6.50. The smallest absolute Gasteiger partial charge is 0.338 e. The van der Waals surface area contributed by atoms with E-state index in [0.717, 1.165) is 5.56 Å². The SMILES string of the molecule is COc1ccc(C=NN(CCOC(=O)c2ccccc2)C2=NS(=O)(=O)c3ccccc32)cc1. The first-order chi connectivity index (χ1) is 16.0. The monoisotopic (exact) mass is 463 g/mol. The van der Waals surface area contributed by atoms with Crippen LogP contribution >= 0.6 is 0 Å². The number of nitrogens with zero attached hydrogens (tertiary/aromatic N) is 3. The van der Waals surface area contributed by atoms with Gasteiger partial charge < -0.3 is 9.47 Å². The van der Waals surface area contributed by atoms with Crippen LogP contribution in [0.25, 0.3) is 0 Å². The summed E-state index contributed by atoms with van der Waals surface area (Å²) in [5.41, 5.74) is 1.65. The van der Waals surface area contributed by atoms with Crippen molar-refractivity contribution in [1.29, 1.82) is 0 Å². The van der Waals surface area contributed by atoms with Gasteiger partial charge in [-0.1, -0.05) is 30.3 Å². The van der Waals surface area contributed by atoms with Gasteiger partial charge in [-0.2, -0.15) is 13.5 Å².